The Labute approximate surface area is 99.6 Å². The van der Waals surface area contributed by atoms with E-state index in [2.05, 4.69) is 31.9 Å². The number of halogens is 2. The van der Waals surface area contributed by atoms with Gasteiger partial charge < -0.3 is 5.11 Å². The summed E-state index contributed by atoms with van der Waals surface area (Å²) in [6.07, 6.45) is 0. The Kier molecular flexibility index (Phi) is 4.13. The number of hydrogen-bond acceptors (Lipinski definition) is 1. The highest BCUT2D eigenvalue weighted by molar-refractivity contribution is 9.12. The quantitative estimate of drug-likeness (QED) is 0.867. The maximum atomic E-state index is 10.7. The van der Waals surface area contributed by atoms with E-state index in [-0.39, 0.29) is 4.83 Å². The van der Waals surface area contributed by atoms with Crippen molar-refractivity contribution in [1.82, 2.24) is 0 Å². The normalized spacial score (nSPS) is 14.8. The molecule has 0 saturated carbocycles. The van der Waals surface area contributed by atoms with Gasteiger partial charge in [0, 0.05) is 0 Å². The second-order valence-corrected chi connectivity index (χ2v) is 5.03. The Hall–Kier alpha value is -0.350. The lowest BCUT2D eigenvalue weighted by molar-refractivity contribution is -0.136. The fraction of sp³-hybridized carbons (Fsp3) is 0.300. The molecule has 1 rings (SSSR count). The van der Waals surface area contributed by atoms with Crippen molar-refractivity contribution in [1.29, 1.82) is 0 Å². The van der Waals surface area contributed by atoms with E-state index in [4.69, 9.17) is 5.11 Å². The van der Waals surface area contributed by atoms with Crippen LogP contribution in [0, 0.1) is 6.92 Å². The molecule has 0 heterocycles. The molecule has 0 radical (unpaired) electrons. The Bertz CT molecular complexity index is 321. The molecule has 1 N–H and O–H groups in total. The number of carbonyl (C=O) groups is 1. The van der Waals surface area contributed by atoms with Crippen molar-refractivity contribution in [3.05, 3.63) is 35.4 Å². The first-order chi connectivity index (χ1) is 6.52. The van der Waals surface area contributed by atoms with E-state index in [0.717, 1.165) is 11.1 Å². The van der Waals surface area contributed by atoms with Crippen LogP contribution in [-0.4, -0.2) is 15.9 Å². The van der Waals surface area contributed by atoms with Crippen LogP contribution in [0.4, 0.5) is 0 Å². The Morgan fingerprint density at radius 1 is 1.29 bits per heavy atom. The molecule has 4 heteroatoms. The third kappa shape index (κ3) is 2.82. The van der Waals surface area contributed by atoms with Gasteiger partial charge in [0.05, 0.1) is 4.83 Å². The molecular formula is C10H10Br2O2. The second-order valence-electron chi connectivity index (χ2n) is 3.05. The van der Waals surface area contributed by atoms with Gasteiger partial charge in [-0.15, -0.1) is 0 Å². The van der Waals surface area contributed by atoms with E-state index in [9.17, 15) is 4.79 Å². The third-order valence-corrected chi connectivity index (χ3v) is 4.58. The van der Waals surface area contributed by atoms with Crippen LogP contribution in [0.2, 0.25) is 0 Å². The molecule has 0 aliphatic carbocycles. The van der Waals surface area contributed by atoms with Crippen LogP contribution in [0.25, 0.3) is 0 Å². The summed E-state index contributed by atoms with van der Waals surface area (Å²) in [5.41, 5.74) is 2.12. The minimum Gasteiger partial charge on any atom is -0.480 e. The van der Waals surface area contributed by atoms with Crippen LogP contribution in [0.5, 0.6) is 0 Å². The molecule has 0 amide bonds. The van der Waals surface area contributed by atoms with Gasteiger partial charge >= 0.3 is 5.97 Å². The summed E-state index contributed by atoms with van der Waals surface area (Å²) in [6.45, 7) is 2.00. The van der Waals surface area contributed by atoms with E-state index in [1.54, 1.807) is 0 Å². The molecule has 0 aliphatic heterocycles. The predicted octanol–water partition coefficient (Wildman–Crippen LogP) is 3.28. The Morgan fingerprint density at radius 2 is 1.79 bits per heavy atom. The second kappa shape index (κ2) is 4.94. The zero-order valence-corrected chi connectivity index (χ0v) is 10.7. The molecule has 14 heavy (non-hydrogen) atoms. The van der Waals surface area contributed by atoms with Gasteiger partial charge in [-0.2, -0.15) is 0 Å². The van der Waals surface area contributed by atoms with Crippen LogP contribution in [0.3, 0.4) is 0 Å². The average Bonchev–Trinajstić information content (AvgIpc) is 2.16. The average molecular weight is 322 g/mol. The molecule has 0 spiro atoms. The fourth-order valence-corrected chi connectivity index (χ4v) is 1.88. The summed E-state index contributed by atoms with van der Waals surface area (Å²) < 4.78 is 0. The van der Waals surface area contributed by atoms with Crippen molar-refractivity contribution < 1.29 is 9.90 Å². The third-order valence-electron chi connectivity index (χ3n) is 1.89. The lowest BCUT2D eigenvalue weighted by atomic mass is 10.1. The zero-order valence-electron chi connectivity index (χ0n) is 7.58. The van der Waals surface area contributed by atoms with Gasteiger partial charge in [-0.05, 0) is 12.5 Å². The molecule has 0 aliphatic rings. The molecule has 0 saturated heterocycles. The van der Waals surface area contributed by atoms with Crippen LogP contribution in [0.15, 0.2) is 24.3 Å². The molecule has 0 unspecified atom stereocenters. The van der Waals surface area contributed by atoms with Crippen LogP contribution >= 0.6 is 31.9 Å². The first-order valence-corrected chi connectivity index (χ1v) is 5.93. The molecule has 1 aromatic rings. The number of aliphatic carboxylic acids is 1. The summed E-state index contributed by atoms with van der Waals surface area (Å²) in [7, 11) is 0. The number of carboxylic acid groups (broad SMARTS) is 1. The maximum absolute atomic E-state index is 10.7. The summed E-state index contributed by atoms with van der Waals surface area (Å²) >= 11 is 6.47. The number of carboxylic acids is 1. The summed E-state index contributed by atoms with van der Waals surface area (Å²) in [5, 5.41) is 8.79. The summed E-state index contributed by atoms with van der Waals surface area (Å²) in [5.74, 6) is -0.868. The minimum atomic E-state index is -0.868. The molecule has 0 aromatic heterocycles. The van der Waals surface area contributed by atoms with Gasteiger partial charge in [-0.1, -0.05) is 61.7 Å². The summed E-state index contributed by atoms with van der Waals surface area (Å²) in [6, 6.07) is 7.77. The molecule has 2 nitrogen and oxygen atoms in total. The highest BCUT2D eigenvalue weighted by Crippen LogP contribution is 2.31. The van der Waals surface area contributed by atoms with Gasteiger partial charge in [0.15, 0.2) is 0 Å². The minimum absolute atomic E-state index is 0.208. The van der Waals surface area contributed by atoms with Crippen molar-refractivity contribution in [2.45, 2.75) is 16.6 Å². The SMILES string of the molecule is Cc1ccc([C@H](Br)[C@@H](Br)C(=O)O)cc1. The van der Waals surface area contributed by atoms with Gasteiger partial charge in [0.25, 0.3) is 0 Å². The Balaban J connectivity index is 2.84. The molecular weight excluding hydrogens is 312 g/mol. The molecule has 2 atom stereocenters. The van der Waals surface area contributed by atoms with Crippen molar-refractivity contribution in [2.24, 2.45) is 0 Å². The number of hydrogen-bond donors (Lipinski definition) is 1. The molecule has 76 valence electrons. The number of aryl methyl sites for hydroxylation is 1. The monoisotopic (exact) mass is 320 g/mol. The van der Waals surface area contributed by atoms with Crippen LogP contribution in [0.1, 0.15) is 16.0 Å². The van der Waals surface area contributed by atoms with Gasteiger partial charge in [-0.3, -0.25) is 4.79 Å². The number of benzene rings is 1. The highest BCUT2D eigenvalue weighted by atomic mass is 79.9. The van der Waals surface area contributed by atoms with Crippen molar-refractivity contribution in [3.63, 3.8) is 0 Å². The number of rotatable bonds is 3. The molecule has 1 aromatic carbocycles. The van der Waals surface area contributed by atoms with Crippen molar-refractivity contribution in [3.8, 4) is 0 Å². The van der Waals surface area contributed by atoms with Crippen molar-refractivity contribution in [2.75, 3.05) is 0 Å². The van der Waals surface area contributed by atoms with Gasteiger partial charge in [0.1, 0.15) is 4.83 Å². The lowest BCUT2D eigenvalue weighted by Gasteiger charge is -2.13. The van der Waals surface area contributed by atoms with E-state index in [1.807, 2.05) is 31.2 Å². The van der Waals surface area contributed by atoms with E-state index >= 15 is 0 Å². The maximum Gasteiger partial charge on any atom is 0.318 e. The van der Waals surface area contributed by atoms with E-state index in [1.165, 1.54) is 0 Å². The van der Waals surface area contributed by atoms with E-state index < -0.39 is 10.8 Å². The predicted molar refractivity (Wildman–Crippen MR) is 63.2 cm³/mol. The zero-order chi connectivity index (χ0) is 10.7. The standard InChI is InChI=1S/C10H10Br2O2/c1-6-2-4-7(5-3-6)8(11)9(12)10(13)14/h2-5,8-9H,1H3,(H,13,14)/t8-,9+/m0/s1. The smallest absolute Gasteiger partial charge is 0.318 e. The lowest BCUT2D eigenvalue weighted by Crippen LogP contribution is -2.17. The van der Waals surface area contributed by atoms with E-state index in [0.29, 0.717) is 0 Å². The topological polar surface area (TPSA) is 37.3 Å². The number of alkyl halides is 2. The summed E-state index contributed by atoms with van der Waals surface area (Å²) in [4.78, 5) is 9.89. The van der Waals surface area contributed by atoms with Crippen LogP contribution < -0.4 is 0 Å². The van der Waals surface area contributed by atoms with Crippen molar-refractivity contribution >= 4 is 37.8 Å². The first-order valence-electron chi connectivity index (χ1n) is 4.10. The van der Waals surface area contributed by atoms with Gasteiger partial charge in [0.2, 0.25) is 0 Å². The molecule has 0 bridgehead atoms. The largest absolute Gasteiger partial charge is 0.480 e. The molecule has 0 fully saturated rings. The Morgan fingerprint density at radius 3 is 2.21 bits per heavy atom. The fourth-order valence-electron chi connectivity index (χ4n) is 1.04. The highest BCUT2D eigenvalue weighted by Gasteiger charge is 2.23. The first kappa shape index (κ1) is 11.7. The van der Waals surface area contributed by atoms with Crippen LogP contribution in [-0.2, 0) is 4.79 Å². The van der Waals surface area contributed by atoms with Gasteiger partial charge in [-0.25, -0.2) is 0 Å².